The highest BCUT2D eigenvalue weighted by atomic mass is 16.5. The first-order chi connectivity index (χ1) is 17.8. The molecule has 6 rings (SSSR count). The zero-order valence-electron chi connectivity index (χ0n) is 19.6. The Morgan fingerprint density at radius 2 is 0.972 bits per heavy atom. The van der Waals surface area contributed by atoms with E-state index < -0.39 is 0 Å². The summed E-state index contributed by atoms with van der Waals surface area (Å²) < 4.78 is 6.06. The Hall–Kier alpha value is -4.89. The predicted octanol–water partition coefficient (Wildman–Crippen LogP) is 8.87. The van der Waals surface area contributed by atoms with Gasteiger partial charge in [0.15, 0.2) is 0 Å². The molecule has 0 aliphatic carbocycles. The first-order valence-corrected chi connectivity index (χ1v) is 12.0. The van der Waals surface area contributed by atoms with Crippen molar-refractivity contribution in [3.8, 4) is 56.5 Å². The third-order valence-corrected chi connectivity index (χ3v) is 6.12. The van der Waals surface area contributed by atoms with Crippen molar-refractivity contribution in [3.05, 3.63) is 140 Å². The minimum Gasteiger partial charge on any atom is -0.457 e. The van der Waals surface area contributed by atoms with Crippen molar-refractivity contribution in [2.75, 3.05) is 0 Å². The van der Waals surface area contributed by atoms with Gasteiger partial charge in [0, 0.05) is 16.7 Å². The molecule has 3 nitrogen and oxygen atoms in total. The topological polar surface area (TPSA) is 37.9 Å². The minimum absolute atomic E-state index is 0.769. The number of H-pyrrole nitrogens is 1. The van der Waals surface area contributed by atoms with Crippen LogP contribution in [0.3, 0.4) is 0 Å². The van der Waals surface area contributed by atoms with Gasteiger partial charge in [-0.05, 0) is 35.4 Å². The van der Waals surface area contributed by atoms with Crippen LogP contribution < -0.4 is 4.74 Å². The average Bonchev–Trinajstić information content (AvgIpc) is 3.41. The second kappa shape index (κ2) is 9.77. The average molecular weight is 465 g/mol. The molecule has 36 heavy (non-hydrogen) atoms. The Bertz CT molecular complexity index is 1570. The van der Waals surface area contributed by atoms with Gasteiger partial charge in [-0.3, -0.25) is 0 Å². The van der Waals surface area contributed by atoms with Gasteiger partial charge in [-0.25, -0.2) is 4.98 Å². The first kappa shape index (κ1) is 21.6. The Labute approximate surface area is 210 Å². The lowest BCUT2D eigenvalue weighted by Gasteiger charge is -2.06. The van der Waals surface area contributed by atoms with Gasteiger partial charge < -0.3 is 9.72 Å². The zero-order chi connectivity index (χ0) is 24.2. The van der Waals surface area contributed by atoms with E-state index in [1.54, 1.807) is 0 Å². The van der Waals surface area contributed by atoms with E-state index in [0.29, 0.717) is 0 Å². The number of rotatable bonds is 6. The standard InChI is InChI=1S/C33H24N2O/c1-4-11-24(12-5-1)25-19-21-27(22-20-25)32-31(26-13-6-2-7-14-26)34-33(35-32)28-15-10-18-30(23-28)36-29-16-8-3-9-17-29/h1-23H,(H,34,35). The Morgan fingerprint density at radius 1 is 0.444 bits per heavy atom. The van der Waals surface area contributed by atoms with Crippen molar-refractivity contribution < 1.29 is 4.74 Å². The summed E-state index contributed by atoms with van der Waals surface area (Å²) in [7, 11) is 0. The van der Waals surface area contributed by atoms with Crippen LogP contribution in [0, 0.1) is 0 Å². The summed E-state index contributed by atoms with van der Waals surface area (Å²) in [4.78, 5) is 8.64. The number of para-hydroxylation sites is 1. The highest BCUT2D eigenvalue weighted by Gasteiger charge is 2.16. The normalized spacial score (nSPS) is 10.8. The first-order valence-electron chi connectivity index (χ1n) is 12.0. The van der Waals surface area contributed by atoms with Crippen LogP contribution in [-0.2, 0) is 0 Å². The van der Waals surface area contributed by atoms with E-state index in [1.165, 1.54) is 11.1 Å². The number of aromatic amines is 1. The molecule has 172 valence electrons. The predicted molar refractivity (Wildman–Crippen MR) is 147 cm³/mol. The van der Waals surface area contributed by atoms with E-state index in [1.807, 2.05) is 78.9 Å². The van der Waals surface area contributed by atoms with Gasteiger partial charge in [0.1, 0.15) is 17.3 Å². The molecular weight excluding hydrogens is 440 g/mol. The number of hydrogen-bond donors (Lipinski definition) is 1. The molecule has 1 heterocycles. The molecule has 0 radical (unpaired) electrons. The fourth-order valence-corrected chi connectivity index (χ4v) is 4.32. The maximum Gasteiger partial charge on any atom is 0.138 e. The molecule has 0 saturated heterocycles. The van der Waals surface area contributed by atoms with Gasteiger partial charge in [0.05, 0.1) is 11.4 Å². The summed E-state index contributed by atoms with van der Waals surface area (Å²) >= 11 is 0. The van der Waals surface area contributed by atoms with E-state index in [0.717, 1.165) is 45.4 Å². The van der Waals surface area contributed by atoms with Crippen LogP contribution in [0.5, 0.6) is 11.5 Å². The van der Waals surface area contributed by atoms with Crippen LogP contribution in [0.2, 0.25) is 0 Å². The fraction of sp³-hybridized carbons (Fsp3) is 0. The van der Waals surface area contributed by atoms with Crippen LogP contribution in [-0.4, -0.2) is 9.97 Å². The van der Waals surface area contributed by atoms with Gasteiger partial charge in [-0.2, -0.15) is 0 Å². The molecule has 0 amide bonds. The maximum absolute atomic E-state index is 6.06. The SMILES string of the molecule is c1ccc(Oc2cccc(-c3nc(-c4ccccc4)c(-c4ccc(-c5ccccc5)cc4)[nH]3)c2)cc1. The van der Waals surface area contributed by atoms with Crippen molar-refractivity contribution in [1.82, 2.24) is 9.97 Å². The third kappa shape index (κ3) is 4.55. The zero-order valence-corrected chi connectivity index (χ0v) is 19.6. The molecule has 1 N–H and O–H groups in total. The number of benzene rings is 5. The third-order valence-electron chi connectivity index (χ3n) is 6.12. The molecule has 0 aliphatic rings. The van der Waals surface area contributed by atoms with Crippen LogP contribution in [0.15, 0.2) is 140 Å². The molecule has 6 aromatic rings. The van der Waals surface area contributed by atoms with Gasteiger partial charge in [-0.15, -0.1) is 0 Å². The molecule has 0 aliphatic heterocycles. The lowest BCUT2D eigenvalue weighted by molar-refractivity contribution is 0.483. The highest BCUT2D eigenvalue weighted by molar-refractivity contribution is 5.82. The number of ether oxygens (including phenoxy) is 1. The summed E-state index contributed by atoms with van der Waals surface area (Å²) in [6.07, 6.45) is 0. The molecule has 0 unspecified atom stereocenters. The number of hydrogen-bond acceptors (Lipinski definition) is 2. The molecule has 5 aromatic carbocycles. The quantitative estimate of drug-likeness (QED) is 0.267. The molecule has 0 fully saturated rings. The van der Waals surface area contributed by atoms with Gasteiger partial charge >= 0.3 is 0 Å². The lowest BCUT2D eigenvalue weighted by Crippen LogP contribution is -1.86. The van der Waals surface area contributed by atoms with E-state index in [9.17, 15) is 0 Å². The molecular formula is C33H24N2O. The van der Waals surface area contributed by atoms with E-state index in [-0.39, 0.29) is 0 Å². The fourth-order valence-electron chi connectivity index (χ4n) is 4.32. The van der Waals surface area contributed by atoms with Gasteiger partial charge in [0.25, 0.3) is 0 Å². The molecule has 1 aromatic heterocycles. The molecule has 0 atom stereocenters. The lowest BCUT2D eigenvalue weighted by atomic mass is 10.0. The van der Waals surface area contributed by atoms with E-state index in [2.05, 4.69) is 65.6 Å². The summed E-state index contributed by atoms with van der Waals surface area (Å²) in [6, 6.07) is 47.2. The monoisotopic (exact) mass is 464 g/mol. The van der Waals surface area contributed by atoms with Crippen molar-refractivity contribution in [2.45, 2.75) is 0 Å². The van der Waals surface area contributed by atoms with Crippen LogP contribution in [0.25, 0.3) is 45.0 Å². The van der Waals surface area contributed by atoms with Crippen molar-refractivity contribution >= 4 is 0 Å². The number of imidazole rings is 1. The maximum atomic E-state index is 6.06. The number of aromatic nitrogens is 2. The van der Waals surface area contributed by atoms with Gasteiger partial charge in [0.2, 0.25) is 0 Å². The van der Waals surface area contributed by atoms with Crippen LogP contribution in [0.1, 0.15) is 0 Å². The largest absolute Gasteiger partial charge is 0.457 e. The summed E-state index contributed by atoms with van der Waals surface area (Å²) in [5, 5.41) is 0. The second-order valence-electron chi connectivity index (χ2n) is 8.56. The van der Waals surface area contributed by atoms with E-state index in [4.69, 9.17) is 9.72 Å². The van der Waals surface area contributed by atoms with Crippen molar-refractivity contribution in [2.24, 2.45) is 0 Å². The Balaban J connectivity index is 1.39. The smallest absolute Gasteiger partial charge is 0.138 e. The molecule has 0 spiro atoms. The van der Waals surface area contributed by atoms with Gasteiger partial charge in [-0.1, -0.05) is 115 Å². The number of nitrogens with one attached hydrogen (secondary N) is 1. The number of nitrogens with zero attached hydrogens (tertiary/aromatic N) is 1. The van der Waals surface area contributed by atoms with Crippen molar-refractivity contribution in [3.63, 3.8) is 0 Å². The molecule has 0 saturated carbocycles. The van der Waals surface area contributed by atoms with Crippen molar-refractivity contribution in [1.29, 1.82) is 0 Å². The summed E-state index contributed by atoms with van der Waals surface area (Å²) in [5.41, 5.74) is 7.42. The van der Waals surface area contributed by atoms with Crippen LogP contribution >= 0.6 is 0 Å². The minimum atomic E-state index is 0.769. The Kier molecular flexibility index (Phi) is 5.87. The van der Waals surface area contributed by atoms with E-state index >= 15 is 0 Å². The Morgan fingerprint density at radius 3 is 1.67 bits per heavy atom. The van der Waals surface area contributed by atoms with Crippen LogP contribution in [0.4, 0.5) is 0 Å². The molecule has 0 bridgehead atoms. The summed E-state index contributed by atoms with van der Waals surface area (Å²) in [6.45, 7) is 0. The second-order valence-corrected chi connectivity index (χ2v) is 8.56. The highest BCUT2D eigenvalue weighted by Crippen LogP contribution is 2.35. The molecule has 3 heteroatoms. The summed E-state index contributed by atoms with van der Waals surface area (Å²) in [5.74, 6) is 2.37.